The van der Waals surface area contributed by atoms with Crippen molar-refractivity contribution in [2.24, 2.45) is 5.92 Å². The minimum absolute atomic E-state index is 0.146. The van der Waals surface area contributed by atoms with Crippen LogP contribution >= 0.6 is 0 Å². The van der Waals surface area contributed by atoms with E-state index in [4.69, 9.17) is 0 Å². The van der Waals surface area contributed by atoms with Crippen molar-refractivity contribution in [1.82, 2.24) is 9.97 Å². The molecule has 1 aliphatic rings. The average Bonchev–Trinajstić information content (AvgIpc) is 2.84. The minimum Gasteiger partial charge on any atom is -0.388 e. The van der Waals surface area contributed by atoms with E-state index in [0.29, 0.717) is 37.3 Å². The lowest BCUT2D eigenvalue weighted by Crippen LogP contribution is -2.35. The third-order valence-electron chi connectivity index (χ3n) is 6.12. The Morgan fingerprint density at radius 1 is 1.15 bits per heavy atom. The van der Waals surface area contributed by atoms with Crippen molar-refractivity contribution in [3.05, 3.63) is 77.9 Å². The van der Waals surface area contributed by atoms with Gasteiger partial charge in [0.15, 0.2) is 0 Å². The first kappa shape index (κ1) is 24.2. The molecule has 34 heavy (non-hydrogen) atoms. The van der Waals surface area contributed by atoms with Crippen LogP contribution in [0.25, 0.3) is 0 Å². The van der Waals surface area contributed by atoms with Crippen LogP contribution in [-0.2, 0) is 23.0 Å². The average molecular weight is 481 g/mol. The lowest BCUT2D eigenvalue weighted by molar-refractivity contribution is 0.163. The molecular formula is C26H32N4O3S. The summed E-state index contributed by atoms with van der Waals surface area (Å²) in [6.45, 7) is 7.68. The van der Waals surface area contributed by atoms with E-state index in [0.717, 1.165) is 23.4 Å². The number of aromatic nitrogens is 2. The highest BCUT2D eigenvalue weighted by molar-refractivity contribution is 7.92. The van der Waals surface area contributed by atoms with Gasteiger partial charge in [0.05, 0.1) is 28.9 Å². The van der Waals surface area contributed by atoms with Crippen molar-refractivity contribution in [1.29, 1.82) is 0 Å². The summed E-state index contributed by atoms with van der Waals surface area (Å²) in [6.07, 6.45) is 3.92. The zero-order chi connectivity index (χ0) is 24.3. The summed E-state index contributed by atoms with van der Waals surface area (Å²) in [7, 11) is -3.82. The van der Waals surface area contributed by atoms with Gasteiger partial charge in [-0.2, -0.15) is 0 Å². The van der Waals surface area contributed by atoms with Gasteiger partial charge in [-0.15, -0.1) is 0 Å². The quantitative estimate of drug-likeness (QED) is 0.516. The Morgan fingerprint density at radius 3 is 2.56 bits per heavy atom. The van der Waals surface area contributed by atoms with E-state index in [1.54, 1.807) is 24.4 Å². The first-order valence-corrected chi connectivity index (χ1v) is 13.2. The van der Waals surface area contributed by atoms with Crippen molar-refractivity contribution in [2.75, 3.05) is 22.3 Å². The van der Waals surface area contributed by atoms with E-state index in [1.165, 1.54) is 10.6 Å². The highest BCUT2D eigenvalue weighted by atomic mass is 32.2. The number of sulfonamides is 1. The molecule has 0 radical (unpaired) electrons. The zero-order valence-electron chi connectivity index (χ0n) is 19.9. The second kappa shape index (κ2) is 10.1. The first-order chi connectivity index (χ1) is 16.3. The van der Waals surface area contributed by atoms with Gasteiger partial charge < -0.3 is 10.0 Å². The fourth-order valence-corrected chi connectivity index (χ4v) is 5.94. The van der Waals surface area contributed by atoms with Crippen molar-refractivity contribution in [3.63, 3.8) is 0 Å². The van der Waals surface area contributed by atoms with Crippen LogP contribution in [0.1, 0.15) is 50.1 Å². The molecule has 0 saturated heterocycles. The summed E-state index contributed by atoms with van der Waals surface area (Å²) < 4.78 is 29.1. The maximum atomic E-state index is 13.8. The van der Waals surface area contributed by atoms with Crippen LogP contribution in [0.5, 0.6) is 0 Å². The molecule has 0 fully saturated rings. The van der Waals surface area contributed by atoms with Gasteiger partial charge in [-0.3, -0.25) is 4.31 Å². The second-order valence-corrected chi connectivity index (χ2v) is 11.0. The molecule has 1 atom stereocenters. The Bertz CT molecular complexity index is 1210. The standard InChI is InChI=1S/C26H32N4O3S/c1-4-20-5-7-22(8-6-20)30(16-19(2)3)34(32,33)23-9-10-25-24(15-23)26(31)12-14-29(25)17-21-11-13-27-18-28-21/h5-11,13,15,18-19,26,31H,4,12,14,16-17H2,1-3H3. The zero-order valence-corrected chi connectivity index (χ0v) is 20.7. The smallest absolute Gasteiger partial charge is 0.264 e. The fourth-order valence-electron chi connectivity index (χ4n) is 4.27. The Labute approximate surface area is 202 Å². The van der Waals surface area contributed by atoms with Gasteiger partial charge in [-0.05, 0) is 60.7 Å². The Balaban J connectivity index is 1.70. The molecule has 0 bridgehead atoms. The predicted octanol–water partition coefficient (Wildman–Crippen LogP) is 4.33. The Morgan fingerprint density at radius 2 is 1.91 bits per heavy atom. The van der Waals surface area contributed by atoms with E-state index in [-0.39, 0.29) is 10.8 Å². The van der Waals surface area contributed by atoms with Crippen LogP contribution in [0.4, 0.5) is 11.4 Å². The Hall–Kier alpha value is -2.97. The van der Waals surface area contributed by atoms with E-state index in [2.05, 4.69) is 21.8 Å². The van der Waals surface area contributed by atoms with Gasteiger partial charge in [0.1, 0.15) is 6.33 Å². The monoisotopic (exact) mass is 480 g/mol. The number of rotatable bonds is 8. The maximum Gasteiger partial charge on any atom is 0.264 e. The molecule has 180 valence electrons. The Kier molecular flexibility index (Phi) is 7.19. The van der Waals surface area contributed by atoms with Crippen LogP contribution in [-0.4, -0.2) is 36.6 Å². The van der Waals surface area contributed by atoms with Crippen LogP contribution in [0.2, 0.25) is 0 Å². The molecule has 0 spiro atoms. The fraction of sp³-hybridized carbons (Fsp3) is 0.385. The van der Waals surface area contributed by atoms with Gasteiger partial charge in [0.25, 0.3) is 10.0 Å². The maximum absolute atomic E-state index is 13.8. The van der Waals surface area contributed by atoms with E-state index >= 15 is 0 Å². The van der Waals surface area contributed by atoms with Crippen molar-refractivity contribution in [2.45, 2.75) is 51.2 Å². The van der Waals surface area contributed by atoms with Gasteiger partial charge in [0, 0.05) is 30.5 Å². The summed E-state index contributed by atoms with van der Waals surface area (Å²) in [5, 5.41) is 10.7. The SMILES string of the molecule is CCc1ccc(N(CC(C)C)S(=O)(=O)c2ccc3c(c2)C(O)CCN3Cc2ccncn2)cc1. The number of aryl methyl sites for hydroxylation is 1. The summed E-state index contributed by atoms with van der Waals surface area (Å²) >= 11 is 0. The molecule has 3 aromatic rings. The molecule has 1 aromatic heterocycles. The molecule has 2 aromatic carbocycles. The number of nitrogens with zero attached hydrogens (tertiary/aromatic N) is 4. The lowest BCUT2D eigenvalue weighted by Gasteiger charge is -2.34. The third kappa shape index (κ3) is 5.08. The number of fused-ring (bicyclic) bond motifs is 1. The highest BCUT2D eigenvalue weighted by Crippen LogP contribution is 2.37. The van der Waals surface area contributed by atoms with Gasteiger partial charge in [-0.25, -0.2) is 18.4 Å². The summed E-state index contributed by atoms with van der Waals surface area (Å²) in [6, 6.07) is 14.6. The summed E-state index contributed by atoms with van der Waals surface area (Å²) in [5.74, 6) is 0.146. The van der Waals surface area contributed by atoms with E-state index in [9.17, 15) is 13.5 Å². The molecule has 0 saturated carbocycles. The number of aliphatic hydroxyl groups is 1. The molecular weight excluding hydrogens is 448 g/mol. The molecule has 0 aliphatic carbocycles. The van der Waals surface area contributed by atoms with Crippen molar-refractivity contribution in [3.8, 4) is 0 Å². The molecule has 0 amide bonds. The largest absolute Gasteiger partial charge is 0.388 e. The molecule has 4 rings (SSSR count). The molecule has 1 unspecified atom stereocenters. The normalized spacial score (nSPS) is 15.9. The number of aliphatic hydroxyl groups excluding tert-OH is 1. The topological polar surface area (TPSA) is 86.6 Å². The van der Waals surface area contributed by atoms with Gasteiger partial charge in [0.2, 0.25) is 0 Å². The number of anilines is 2. The molecule has 8 heteroatoms. The second-order valence-electron chi connectivity index (χ2n) is 9.10. The third-order valence-corrected chi connectivity index (χ3v) is 7.91. The molecule has 1 aliphatic heterocycles. The minimum atomic E-state index is -3.82. The summed E-state index contributed by atoms with van der Waals surface area (Å²) in [4.78, 5) is 10.6. The van der Waals surface area contributed by atoms with E-state index < -0.39 is 16.1 Å². The number of hydrogen-bond acceptors (Lipinski definition) is 6. The lowest BCUT2D eigenvalue weighted by atomic mass is 9.98. The van der Waals surface area contributed by atoms with Crippen LogP contribution in [0, 0.1) is 5.92 Å². The molecule has 1 N–H and O–H groups in total. The molecule has 7 nitrogen and oxygen atoms in total. The van der Waals surface area contributed by atoms with Crippen LogP contribution in [0.15, 0.2) is 66.0 Å². The molecule has 2 heterocycles. The highest BCUT2D eigenvalue weighted by Gasteiger charge is 2.30. The summed E-state index contributed by atoms with van der Waals surface area (Å²) in [5.41, 5.74) is 4.14. The van der Waals surface area contributed by atoms with Crippen molar-refractivity contribution >= 4 is 21.4 Å². The van der Waals surface area contributed by atoms with E-state index in [1.807, 2.05) is 44.2 Å². The number of hydrogen-bond donors (Lipinski definition) is 1. The van der Waals surface area contributed by atoms with Crippen LogP contribution < -0.4 is 9.21 Å². The van der Waals surface area contributed by atoms with Gasteiger partial charge >= 0.3 is 0 Å². The van der Waals surface area contributed by atoms with Gasteiger partial charge in [-0.1, -0.05) is 32.9 Å². The predicted molar refractivity (Wildman–Crippen MR) is 134 cm³/mol. The first-order valence-electron chi connectivity index (χ1n) is 11.7. The van der Waals surface area contributed by atoms with Crippen LogP contribution in [0.3, 0.4) is 0 Å². The van der Waals surface area contributed by atoms with Crippen molar-refractivity contribution < 1.29 is 13.5 Å². The number of benzene rings is 2.